The fraction of sp³-hybridized carbons (Fsp3) is 0.567. The Morgan fingerprint density at radius 1 is 0.423 bits per heavy atom. The fourth-order valence-electron chi connectivity index (χ4n) is 18.1. The summed E-state index contributed by atoms with van der Waals surface area (Å²) < 4.78 is 15.5. The Bertz CT molecular complexity index is 3630. The molecule has 3 atom stereocenters. The van der Waals surface area contributed by atoms with Crippen molar-refractivity contribution in [2.24, 2.45) is 35.5 Å². The van der Waals surface area contributed by atoms with Crippen LogP contribution in [-0.2, 0) is 56.2 Å². The van der Waals surface area contributed by atoms with Crippen LogP contribution in [0.4, 0.5) is 11.4 Å². The van der Waals surface area contributed by atoms with E-state index in [1.54, 1.807) is 14.2 Å². The zero-order chi connectivity index (χ0) is 78.4. The van der Waals surface area contributed by atoms with Crippen molar-refractivity contribution in [3.05, 3.63) is 192 Å². The third-order valence-corrected chi connectivity index (χ3v) is 24.8. The van der Waals surface area contributed by atoms with Gasteiger partial charge in [0.25, 0.3) is 0 Å². The number of benzene rings is 6. The maximum absolute atomic E-state index is 13.8. The van der Waals surface area contributed by atoms with Crippen LogP contribution in [0.2, 0.25) is 0 Å². The number of anilines is 2. The molecule has 0 spiro atoms. The molecule has 7 aliphatic rings. The number of halogens is 1. The lowest BCUT2D eigenvalue weighted by Gasteiger charge is -2.39. The average Bonchev–Trinajstić information content (AvgIpc) is 0.796. The van der Waals surface area contributed by atoms with E-state index in [0.29, 0.717) is 35.6 Å². The molecule has 6 aromatic carbocycles. The Morgan fingerprint density at radius 2 is 0.766 bits per heavy atom. The van der Waals surface area contributed by atoms with Gasteiger partial charge in [-0.25, -0.2) is 0 Å². The van der Waals surface area contributed by atoms with Gasteiger partial charge in [-0.05, 0) is 157 Å². The van der Waals surface area contributed by atoms with E-state index in [1.807, 2.05) is 104 Å². The molecule has 2 heterocycles. The number of hydrogen-bond donors (Lipinski definition) is 1. The standard InChI is InChI=1S/C28H38N2O2.C19H28O.C17H22O2.C14H18O.C11H16N2O.C8H14O2.ClH/c1-28(24-13-7-4-8-14-24,27(31)23-11-5-3-6-12-23)17-18-29-19-21-30(22-20-29)25-15-9-10-16-26(25)32-2;1-15(2)14-19(3,17-12-8-5-9-13-17)18(20)16-10-6-4-7-11-16;1-17(12-13-18,15-10-6-3-7-11-15)16(19)14-8-4-2-5-9-14;15-14(13-9-5-2-6-10-13)11-12-7-3-1-4-8-12;1-14-11-5-3-2-4-10(11)13-8-6-12-7-9-13;1-10-8(9)7-5-3-2-4-6-7;/h4,7-10,13-16,23H,3,5-6,11-12,17-22H2,1-2H3;5,8-9,12-13,15-16H,4,6-7,10-11,14H2,1-3H3;3,6-7,10-11,13-14H,2,4-5,8-9,12H2,1H3;1,3-4,7-8,13H,2,5-6,9-11H2;2-5,12H,6-9H2,1H3;7H,2-6H2,1H3;1H. The van der Waals surface area contributed by atoms with Gasteiger partial charge in [0.05, 0.1) is 54.9 Å². The maximum atomic E-state index is 13.8. The molecule has 5 aliphatic carbocycles. The van der Waals surface area contributed by atoms with Crippen LogP contribution in [0, 0.1) is 35.5 Å². The number of carbonyl (C=O) groups excluding carboxylic acids is 6. The van der Waals surface area contributed by atoms with Crippen molar-refractivity contribution in [3.63, 3.8) is 0 Å². The van der Waals surface area contributed by atoms with Gasteiger partial charge in [0.2, 0.25) is 0 Å². The molecule has 0 amide bonds. The number of carbonyl (C=O) groups is 6. The van der Waals surface area contributed by atoms with E-state index in [0.717, 1.165) is 178 Å². The van der Waals surface area contributed by atoms with Crippen LogP contribution in [-0.4, -0.2) is 121 Å². The van der Waals surface area contributed by atoms with Crippen molar-refractivity contribution in [1.82, 2.24) is 10.2 Å². The zero-order valence-electron chi connectivity index (χ0n) is 69.0. The number of rotatable bonds is 24. The summed E-state index contributed by atoms with van der Waals surface area (Å²) in [5, 5.41) is 3.34. The lowest BCUT2D eigenvalue weighted by molar-refractivity contribution is -0.146. The highest BCUT2D eigenvalue weighted by Crippen LogP contribution is 2.41. The third-order valence-electron chi connectivity index (χ3n) is 24.8. The summed E-state index contributed by atoms with van der Waals surface area (Å²) >= 11 is 0. The van der Waals surface area contributed by atoms with Crippen LogP contribution in [0.1, 0.15) is 237 Å². The van der Waals surface area contributed by atoms with Crippen molar-refractivity contribution in [2.75, 3.05) is 90.0 Å². The summed E-state index contributed by atoms with van der Waals surface area (Å²) in [7, 11) is 4.93. The number of hydrogen-bond acceptors (Lipinski definition) is 13. The minimum Gasteiger partial charge on any atom is -0.495 e. The van der Waals surface area contributed by atoms with Gasteiger partial charge in [0, 0.05) is 88.9 Å². The molecule has 2 aliphatic heterocycles. The summed E-state index contributed by atoms with van der Waals surface area (Å²) in [4.78, 5) is 81.0. The van der Waals surface area contributed by atoms with Gasteiger partial charge in [-0.2, -0.15) is 0 Å². The number of Topliss-reactive ketones (excluding diaryl/α,β-unsaturated/α-hetero) is 4. The van der Waals surface area contributed by atoms with E-state index in [2.05, 4.69) is 125 Å². The van der Waals surface area contributed by atoms with Crippen molar-refractivity contribution < 1.29 is 43.0 Å². The van der Waals surface area contributed by atoms with Crippen LogP contribution in [0.15, 0.2) is 170 Å². The lowest BCUT2D eigenvalue weighted by Crippen LogP contribution is -2.48. The number of nitrogens with zero attached hydrogens (tertiary/aromatic N) is 3. The first kappa shape index (κ1) is 90.7. The highest BCUT2D eigenvalue weighted by atomic mass is 35.5. The molecule has 7 fully saturated rings. The SMILES string of the molecule is CC(C)CC(C)(C(=O)C1CCCCC1)c1ccccc1.CC(CC=O)(C(=O)C1CCCCC1)c1ccccc1.COC(=O)C1CCCCC1.COc1ccccc1N1CCN(CCC(C)(C(=O)C2CCCCC2)c2ccccc2)CC1.COc1ccccc1N1CCNCC1.Cl.O=C(Cc1ccccc1)C1CCCCC1. The summed E-state index contributed by atoms with van der Waals surface area (Å²) in [6.07, 6.45) is 32.7. The first-order chi connectivity index (χ1) is 53.5. The van der Waals surface area contributed by atoms with Crippen molar-refractivity contribution in [2.45, 2.75) is 237 Å². The van der Waals surface area contributed by atoms with Crippen LogP contribution in [0.25, 0.3) is 0 Å². The van der Waals surface area contributed by atoms with Crippen molar-refractivity contribution >= 4 is 59.2 Å². The first-order valence-electron chi connectivity index (χ1n) is 42.5. The normalized spacial score (nSPS) is 19.0. The second kappa shape index (κ2) is 48.6. The molecule has 0 aromatic heterocycles. The number of aldehydes is 1. The number of esters is 1. The topological polar surface area (TPSA) is 152 Å². The Balaban J connectivity index is 0.000000192. The zero-order valence-corrected chi connectivity index (χ0v) is 69.8. The van der Waals surface area contributed by atoms with Crippen LogP contribution in [0.3, 0.4) is 0 Å². The van der Waals surface area contributed by atoms with Gasteiger partial charge in [-0.15, -0.1) is 12.4 Å². The van der Waals surface area contributed by atoms with Crippen LogP contribution >= 0.6 is 12.4 Å². The molecule has 13 rings (SSSR count). The van der Waals surface area contributed by atoms with E-state index < -0.39 is 10.8 Å². The monoisotopic (exact) mass is 1540 g/mol. The Labute approximate surface area is 674 Å². The van der Waals surface area contributed by atoms with Crippen LogP contribution in [0.5, 0.6) is 11.5 Å². The summed E-state index contributed by atoms with van der Waals surface area (Å²) in [6, 6.07) is 57.2. The van der Waals surface area contributed by atoms with Crippen molar-refractivity contribution in [1.29, 1.82) is 0 Å². The predicted molar refractivity (Wildman–Crippen MR) is 458 cm³/mol. The Hall–Kier alpha value is -7.45. The number of piperazine rings is 2. The van der Waals surface area contributed by atoms with Gasteiger partial charge in [0.1, 0.15) is 40.9 Å². The largest absolute Gasteiger partial charge is 0.495 e. The van der Waals surface area contributed by atoms with E-state index in [1.165, 1.54) is 113 Å². The van der Waals surface area contributed by atoms with E-state index in [4.69, 9.17) is 9.47 Å². The quantitative estimate of drug-likeness (QED) is 0.0452. The molecule has 1 N–H and O–H groups in total. The molecule has 6 aromatic rings. The van der Waals surface area contributed by atoms with E-state index >= 15 is 0 Å². The third kappa shape index (κ3) is 27.7. The molecule has 0 bridgehead atoms. The molecular weight excluding hydrogens is 1400 g/mol. The number of ketones is 4. The molecule has 5 saturated carbocycles. The molecule has 3 unspecified atom stereocenters. The number of nitrogens with one attached hydrogen (secondary N) is 1. The minimum absolute atomic E-state index is 0. The Morgan fingerprint density at radius 3 is 1.16 bits per heavy atom. The van der Waals surface area contributed by atoms with Gasteiger partial charge >= 0.3 is 5.97 Å². The van der Waals surface area contributed by atoms with Gasteiger partial charge in [0.15, 0.2) is 0 Å². The molecular formula is C97H137ClN4O9. The summed E-state index contributed by atoms with van der Waals surface area (Å²) in [5.74, 6) is 5.29. The smallest absolute Gasteiger partial charge is 0.308 e. The minimum atomic E-state index is -0.648. The summed E-state index contributed by atoms with van der Waals surface area (Å²) in [5.41, 5.74) is 5.54. The number of methoxy groups -OCH3 is 3. The van der Waals surface area contributed by atoms with Crippen molar-refractivity contribution in [3.8, 4) is 11.5 Å². The highest BCUT2D eigenvalue weighted by Gasteiger charge is 2.43. The molecule has 111 heavy (non-hydrogen) atoms. The van der Waals surface area contributed by atoms with E-state index in [-0.39, 0.29) is 59.7 Å². The van der Waals surface area contributed by atoms with Gasteiger partial charge < -0.3 is 34.1 Å². The summed E-state index contributed by atoms with van der Waals surface area (Å²) in [6.45, 7) is 19.9. The van der Waals surface area contributed by atoms with Crippen LogP contribution < -0.4 is 24.6 Å². The highest BCUT2D eigenvalue weighted by molar-refractivity contribution is 5.94. The second-order valence-corrected chi connectivity index (χ2v) is 33.1. The molecule has 14 heteroatoms. The van der Waals surface area contributed by atoms with Gasteiger partial charge in [-0.3, -0.25) is 28.9 Å². The molecule has 0 radical (unpaired) electrons. The number of ether oxygens (including phenoxy) is 3. The van der Waals surface area contributed by atoms with Gasteiger partial charge in [-0.1, -0.05) is 256 Å². The molecule has 606 valence electrons. The average molecular weight is 1540 g/mol. The predicted octanol–water partition coefficient (Wildman–Crippen LogP) is 20.8. The fourth-order valence-corrected chi connectivity index (χ4v) is 18.1. The molecule has 13 nitrogen and oxygen atoms in total. The second-order valence-electron chi connectivity index (χ2n) is 33.1. The lowest BCUT2D eigenvalue weighted by atomic mass is 9.67. The number of para-hydroxylation sites is 4. The molecule has 2 saturated heterocycles. The maximum Gasteiger partial charge on any atom is 0.308 e. The Kier molecular flexibility index (Phi) is 39.7. The van der Waals surface area contributed by atoms with E-state index in [9.17, 15) is 28.8 Å². The first-order valence-corrected chi connectivity index (χ1v) is 42.5.